The molecule has 2 aliphatic rings. The fraction of sp³-hybridized carbons (Fsp3) is 0.440. The van der Waals surface area contributed by atoms with Gasteiger partial charge in [-0.25, -0.2) is 0 Å². The zero-order chi connectivity index (χ0) is 40.2. The molecule has 0 saturated carbocycles. The van der Waals surface area contributed by atoms with Crippen molar-refractivity contribution in [1.82, 2.24) is 0 Å². The van der Waals surface area contributed by atoms with Gasteiger partial charge in [0, 0.05) is 0 Å². The summed E-state index contributed by atoms with van der Waals surface area (Å²) in [6.07, 6.45) is 5.12. The molecule has 2 aliphatic carbocycles. The van der Waals surface area contributed by atoms with E-state index >= 15 is 0 Å². The van der Waals surface area contributed by atoms with Crippen LogP contribution < -0.4 is 0 Å². The van der Waals surface area contributed by atoms with Gasteiger partial charge in [-0.15, -0.1) is 0 Å². The van der Waals surface area contributed by atoms with E-state index in [1.807, 2.05) is 0 Å². The molecule has 0 aromatic heterocycles. The third kappa shape index (κ3) is 6.70. The van der Waals surface area contributed by atoms with Gasteiger partial charge in [0.1, 0.15) is 0 Å². The third-order valence-electron chi connectivity index (χ3n) is 12.8. The zero-order valence-electron chi connectivity index (χ0n) is 36.1. The van der Waals surface area contributed by atoms with Crippen LogP contribution in [0.4, 0.5) is 0 Å². The molecule has 4 aromatic rings. The van der Waals surface area contributed by atoms with E-state index in [2.05, 4.69) is 195 Å². The summed E-state index contributed by atoms with van der Waals surface area (Å²) in [6.45, 7) is 37.9. The molecular formula is C50H65Cl2SiZr. The number of hydrogen-bond donors (Lipinski definition) is 0. The predicted molar refractivity (Wildman–Crippen MR) is 242 cm³/mol. The molecule has 54 heavy (non-hydrogen) atoms. The fourth-order valence-corrected chi connectivity index (χ4v) is 41.2. The maximum absolute atomic E-state index is 9.07. The molecule has 0 amide bonds. The van der Waals surface area contributed by atoms with Crippen LogP contribution >= 0.6 is 17.0 Å². The first-order chi connectivity index (χ1) is 24.7. The molecule has 0 spiro atoms. The van der Waals surface area contributed by atoms with Gasteiger partial charge in [-0.1, -0.05) is 0 Å². The van der Waals surface area contributed by atoms with Crippen molar-refractivity contribution >= 4 is 35.1 Å². The van der Waals surface area contributed by atoms with E-state index in [0.717, 1.165) is 0 Å². The van der Waals surface area contributed by atoms with E-state index in [4.69, 9.17) is 17.0 Å². The number of aryl methyl sites for hydroxylation is 2. The summed E-state index contributed by atoms with van der Waals surface area (Å²) in [6, 6.07) is 27.6. The monoisotopic (exact) mass is 853 g/mol. The minimum atomic E-state index is -5.15. The molecule has 0 bridgehead atoms. The topological polar surface area (TPSA) is 0 Å². The summed E-state index contributed by atoms with van der Waals surface area (Å²) in [7, 11) is 18.1. The molecule has 0 radical (unpaired) electrons. The van der Waals surface area contributed by atoms with Gasteiger partial charge in [0.2, 0.25) is 0 Å². The maximum atomic E-state index is 9.07. The molecule has 0 nitrogen and oxygen atoms in total. The standard InChI is InChI=1S/2C24H29.C2H7Si.2ClH.Zr/c2*1-16-10-8-9-11-19(16)22-20-15-18(23(2,3)4)14-17(20)12-13-21(22)24(5,6)7;1-3-2;;;/h2*8-15H,1-7H3;3H,1-2H3;2*1H;/q;;;;;+2/p-2. The van der Waals surface area contributed by atoms with Crippen molar-refractivity contribution in [1.29, 1.82) is 0 Å². The van der Waals surface area contributed by atoms with Crippen molar-refractivity contribution in [3.8, 4) is 22.3 Å². The van der Waals surface area contributed by atoms with Gasteiger partial charge < -0.3 is 0 Å². The van der Waals surface area contributed by atoms with E-state index in [-0.39, 0.29) is 28.9 Å². The molecule has 0 aliphatic heterocycles. The summed E-state index contributed by atoms with van der Waals surface area (Å²) < 4.78 is -0.00161. The van der Waals surface area contributed by atoms with E-state index in [0.29, 0.717) is 0 Å². The van der Waals surface area contributed by atoms with Crippen molar-refractivity contribution in [3.05, 3.63) is 128 Å². The summed E-state index contributed by atoms with van der Waals surface area (Å²) in [5.74, 6) is -1.79. The summed E-state index contributed by atoms with van der Waals surface area (Å²) in [5, 5.41) is 0. The minimum absolute atomic E-state index is 0.000805. The Bertz CT molecular complexity index is 2050. The van der Waals surface area contributed by atoms with Crippen LogP contribution in [0.15, 0.2) is 83.9 Å². The Morgan fingerprint density at radius 3 is 1.09 bits per heavy atom. The van der Waals surface area contributed by atoms with Crippen LogP contribution in [0.25, 0.3) is 34.4 Å². The Morgan fingerprint density at radius 1 is 0.481 bits per heavy atom. The first kappa shape index (κ1) is 41.7. The number of hydrogen-bond acceptors (Lipinski definition) is 0. The Hall–Kier alpha value is -1.96. The molecule has 0 saturated heterocycles. The van der Waals surface area contributed by atoms with E-state index in [1.54, 1.807) is 0 Å². The molecule has 0 N–H and O–H groups in total. The van der Waals surface area contributed by atoms with E-state index in [1.165, 1.54) is 77.9 Å². The van der Waals surface area contributed by atoms with E-state index in [9.17, 15) is 0 Å². The fourth-order valence-electron chi connectivity index (χ4n) is 9.76. The van der Waals surface area contributed by atoms with Crippen LogP contribution in [-0.4, -0.2) is 5.92 Å². The van der Waals surface area contributed by atoms with Gasteiger partial charge >= 0.3 is 340 Å². The van der Waals surface area contributed by atoms with E-state index < -0.39 is 21.5 Å². The average molecular weight is 856 g/mol. The second kappa shape index (κ2) is 13.6. The molecule has 2 atom stereocenters. The molecule has 0 fully saturated rings. The second-order valence-corrected chi connectivity index (χ2v) is 63.6. The molecule has 4 heteroatoms. The van der Waals surface area contributed by atoms with Crippen LogP contribution in [-0.2, 0) is 26.4 Å². The predicted octanol–water partition coefficient (Wildman–Crippen LogP) is 15.9. The number of rotatable bonds is 5. The quantitative estimate of drug-likeness (QED) is 0.175. The Kier molecular flexibility index (Phi) is 10.5. The molecule has 6 rings (SSSR count). The van der Waals surface area contributed by atoms with Gasteiger partial charge in [0.15, 0.2) is 0 Å². The molecule has 0 heterocycles. The Balaban J connectivity index is 1.76. The molecule has 4 aromatic carbocycles. The summed E-state index contributed by atoms with van der Waals surface area (Å²) >= 11 is -5.15. The Labute approximate surface area is 337 Å². The first-order valence-electron chi connectivity index (χ1n) is 20.2. The van der Waals surface area contributed by atoms with Gasteiger partial charge in [-0.3, -0.25) is 0 Å². The number of fused-ring (bicyclic) bond motifs is 2. The number of benzene rings is 4. The molecule has 287 valence electrons. The molecule has 2 unspecified atom stereocenters. The molecular weight excluding hydrogens is 791 g/mol. The van der Waals surface area contributed by atoms with Gasteiger partial charge in [0.05, 0.1) is 0 Å². The van der Waals surface area contributed by atoms with Gasteiger partial charge in [-0.2, -0.15) is 0 Å². The van der Waals surface area contributed by atoms with Crippen molar-refractivity contribution < 1.29 is 15.6 Å². The summed E-state index contributed by atoms with van der Waals surface area (Å²) in [5.41, 5.74) is 18.5. The van der Waals surface area contributed by atoms with Crippen LogP contribution in [0.1, 0.15) is 135 Å². The normalized spacial score (nSPS) is 18.6. The third-order valence-corrected chi connectivity index (χ3v) is 64.3. The van der Waals surface area contributed by atoms with Crippen molar-refractivity contribution in [2.45, 2.75) is 128 Å². The van der Waals surface area contributed by atoms with Crippen molar-refractivity contribution in [3.63, 3.8) is 0 Å². The summed E-state index contributed by atoms with van der Waals surface area (Å²) in [4.78, 5) is 0. The number of allylic oxidation sites excluding steroid dienone is 2. The van der Waals surface area contributed by atoms with Crippen LogP contribution in [0.3, 0.4) is 0 Å². The zero-order valence-corrected chi connectivity index (χ0v) is 41.2. The van der Waals surface area contributed by atoms with Crippen LogP contribution in [0.2, 0.25) is 13.1 Å². The van der Waals surface area contributed by atoms with Crippen molar-refractivity contribution in [2.75, 3.05) is 0 Å². The van der Waals surface area contributed by atoms with Crippen LogP contribution in [0.5, 0.6) is 0 Å². The Morgan fingerprint density at radius 2 is 0.815 bits per heavy atom. The van der Waals surface area contributed by atoms with Crippen molar-refractivity contribution in [2.24, 2.45) is 10.8 Å². The average Bonchev–Trinajstić information content (AvgIpc) is 3.65. The SMILES string of the molecule is Cc1ccccc1-c1c(C(C)(C)C)ccc2c1C=C(C(C)(C)C)[CH]2[Zr]([Cl])([Cl])([CH]1C(C(C)(C)C)=Cc2c1ccc(C(C)(C)C)c2-c1ccccc1C)[SiH](C)C. The van der Waals surface area contributed by atoms with Crippen LogP contribution in [0, 0.1) is 24.7 Å². The van der Waals surface area contributed by atoms with Gasteiger partial charge in [-0.05, 0) is 0 Å². The van der Waals surface area contributed by atoms with Gasteiger partial charge in [0.25, 0.3) is 0 Å². The first-order valence-corrected chi connectivity index (χ1v) is 36.5. The second-order valence-electron chi connectivity index (χ2n) is 21.1. The number of halogens is 2.